The fourth-order valence-corrected chi connectivity index (χ4v) is 2.16. The van der Waals surface area contributed by atoms with Crippen LogP contribution < -0.4 is 10.3 Å². The third-order valence-electron chi connectivity index (χ3n) is 3.26. The number of aromatic amines is 1. The van der Waals surface area contributed by atoms with Gasteiger partial charge in [-0.05, 0) is 51.0 Å². The van der Waals surface area contributed by atoms with E-state index in [1.165, 1.54) is 0 Å². The molecule has 0 saturated heterocycles. The average Bonchev–Trinajstić information content (AvgIpc) is 3.22. The molecule has 0 unspecified atom stereocenters. The quantitative estimate of drug-likeness (QED) is 0.928. The van der Waals surface area contributed by atoms with Gasteiger partial charge in [0.2, 0.25) is 0 Å². The molecule has 1 N–H and O–H groups in total. The van der Waals surface area contributed by atoms with Crippen molar-refractivity contribution in [3.05, 3.63) is 46.4 Å². The monoisotopic (exact) mass is 270 g/mol. The van der Waals surface area contributed by atoms with E-state index in [4.69, 9.17) is 4.74 Å². The number of H-pyrrole nitrogens is 1. The SMILES string of the molecule is CC(C)Oc1ccc(-c2nc(C3CC3)cc(=O)[nH]2)cc1. The summed E-state index contributed by atoms with van der Waals surface area (Å²) in [6.07, 6.45) is 2.42. The van der Waals surface area contributed by atoms with E-state index in [1.54, 1.807) is 6.07 Å². The Morgan fingerprint density at radius 1 is 1.25 bits per heavy atom. The van der Waals surface area contributed by atoms with Crippen LogP contribution in [0.2, 0.25) is 0 Å². The van der Waals surface area contributed by atoms with Crippen molar-refractivity contribution in [2.24, 2.45) is 0 Å². The third-order valence-corrected chi connectivity index (χ3v) is 3.26. The topological polar surface area (TPSA) is 55.0 Å². The molecule has 0 spiro atoms. The van der Waals surface area contributed by atoms with Crippen LogP contribution in [0.3, 0.4) is 0 Å². The molecular formula is C16H18N2O2. The van der Waals surface area contributed by atoms with E-state index in [-0.39, 0.29) is 11.7 Å². The van der Waals surface area contributed by atoms with Gasteiger partial charge in [0.25, 0.3) is 5.56 Å². The van der Waals surface area contributed by atoms with Gasteiger partial charge in [-0.3, -0.25) is 4.79 Å². The number of aromatic nitrogens is 2. The van der Waals surface area contributed by atoms with Gasteiger partial charge in [-0.25, -0.2) is 4.98 Å². The Labute approximate surface area is 117 Å². The molecule has 1 aliphatic rings. The molecule has 1 heterocycles. The smallest absolute Gasteiger partial charge is 0.251 e. The molecule has 0 bridgehead atoms. The van der Waals surface area contributed by atoms with E-state index in [0.29, 0.717) is 11.7 Å². The fourth-order valence-electron chi connectivity index (χ4n) is 2.16. The summed E-state index contributed by atoms with van der Waals surface area (Å²) in [5.74, 6) is 1.93. The number of rotatable bonds is 4. The molecule has 3 rings (SSSR count). The molecule has 1 aromatic heterocycles. The average molecular weight is 270 g/mol. The Hall–Kier alpha value is -2.10. The van der Waals surface area contributed by atoms with Crippen LogP contribution in [-0.4, -0.2) is 16.1 Å². The summed E-state index contributed by atoms with van der Waals surface area (Å²) in [6.45, 7) is 3.98. The maximum atomic E-state index is 11.7. The standard InChI is InChI=1S/C16H18N2O2/c1-10(2)20-13-7-5-12(6-8-13)16-17-14(11-3-4-11)9-15(19)18-16/h5-11H,3-4H2,1-2H3,(H,17,18,19). The van der Waals surface area contributed by atoms with Gasteiger partial charge in [0.15, 0.2) is 0 Å². The van der Waals surface area contributed by atoms with Crippen LogP contribution in [0.1, 0.15) is 38.3 Å². The molecule has 0 atom stereocenters. The van der Waals surface area contributed by atoms with Crippen molar-refractivity contribution < 1.29 is 4.74 Å². The lowest BCUT2D eigenvalue weighted by atomic mass is 10.2. The van der Waals surface area contributed by atoms with Gasteiger partial charge >= 0.3 is 0 Å². The normalized spacial score (nSPS) is 14.6. The zero-order chi connectivity index (χ0) is 14.1. The van der Waals surface area contributed by atoms with E-state index < -0.39 is 0 Å². The minimum atomic E-state index is -0.0839. The van der Waals surface area contributed by atoms with Gasteiger partial charge in [0, 0.05) is 17.5 Å². The lowest BCUT2D eigenvalue weighted by molar-refractivity contribution is 0.242. The Balaban J connectivity index is 1.90. The molecule has 20 heavy (non-hydrogen) atoms. The van der Waals surface area contributed by atoms with Crippen LogP contribution in [0.4, 0.5) is 0 Å². The first-order valence-electron chi connectivity index (χ1n) is 7.00. The van der Waals surface area contributed by atoms with E-state index in [2.05, 4.69) is 9.97 Å². The summed E-state index contributed by atoms with van der Waals surface area (Å²) >= 11 is 0. The summed E-state index contributed by atoms with van der Waals surface area (Å²) in [5, 5.41) is 0. The maximum absolute atomic E-state index is 11.7. The summed E-state index contributed by atoms with van der Waals surface area (Å²) < 4.78 is 5.61. The van der Waals surface area contributed by atoms with Gasteiger partial charge in [0.1, 0.15) is 11.6 Å². The summed E-state index contributed by atoms with van der Waals surface area (Å²) in [4.78, 5) is 19.1. The molecule has 1 saturated carbocycles. The minimum absolute atomic E-state index is 0.0839. The lowest BCUT2D eigenvalue weighted by Gasteiger charge is -2.10. The van der Waals surface area contributed by atoms with Gasteiger partial charge in [0.05, 0.1) is 11.8 Å². The number of ether oxygens (including phenoxy) is 1. The molecule has 104 valence electrons. The van der Waals surface area contributed by atoms with E-state index >= 15 is 0 Å². The predicted molar refractivity (Wildman–Crippen MR) is 78.0 cm³/mol. The molecule has 4 heteroatoms. The van der Waals surface area contributed by atoms with Crippen LogP contribution >= 0.6 is 0 Å². The second kappa shape index (κ2) is 5.12. The van der Waals surface area contributed by atoms with E-state index in [9.17, 15) is 4.79 Å². The van der Waals surface area contributed by atoms with Crippen LogP contribution in [0, 0.1) is 0 Å². The van der Waals surface area contributed by atoms with Crippen molar-refractivity contribution in [1.29, 1.82) is 0 Å². The highest BCUT2D eigenvalue weighted by Crippen LogP contribution is 2.38. The highest BCUT2D eigenvalue weighted by molar-refractivity contribution is 5.56. The van der Waals surface area contributed by atoms with Gasteiger partial charge in [-0.1, -0.05) is 0 Å². The van der Waals surface area contributed by atoms with E-state index in [1.807, 2.05) is 38.1 Å². The first-order chi connectivity index (χ1) is 9.61. The molecule has 0 aliphatic heterocycles. The molecule has 0 amide bonds. The number of benzene rings is 1. The van der Waals surface area contributed by atoms with Crippen LogP contribution in [0.15, 0.2) is 35.1 Å². The number of nitrogens with zero attached hydrogens (tertiary/aromatic N) is 1. The van der Waals surface area contributed by atoms with Gasteiger partial charge in [-0.2, -0.15) is 0 Å². The Bertz CT molecular complexity index is 655. The summed E-state index contributed by atoms with van der Waals surface area (Å²) in [5.41, 5.74) is 1.73. The Morgan fingerprint density at radius 2 is 1.95 bits per heavy atom. The summed E-state index contributed by atoms with van der Waals surface area (Å²) in [7, 11) is 0. The van der Waals surface area contributed by atoms with E-state index in [0.717, 1.165) is 29.8 Å². The predicted octanol–water partition coefficient (Wildman–Crippen LogP) is 3.10. The zero-order valence-electron chi connectivity index (χ0n) is 11.7. The largest absolute Gasteiger partial charge is 0.491 e. The van der Waals surface area contributed by atoms with Crippen LogP contribution in [-0.2, 0) is 0 Å². The molecule has 1 fully saturated rings. The molecule has 1 aromatic carbocycles. The van der Waals surface area contributed by atoms with Crippen molar-refractivity contribution >= 4 is 0 Å². The maximum Gasteiger partial charge on any atom is 0.251 e. The van der Waals surface area contributed by atoms with Crippen molar-refractivity contribution in [2.45, 2.75) is 38.7 Å². The minimum Gasteiger partial charge on any atom is -0.491 e. The Kier molecular flexibility index (Phi) is 3.30. The first-order valence-corrected chi connectivity index (χ1v) is 7.00. The second-order valence-electron chi connectivity index (χ2n) is 5.48. The van der Waals surface area contributed by atoms with Gasteiger partial charge < -0.3 is 9.72 Å². The second-order valence-corrected chi connectivity index (χ2v) is 5.48. The van der Waals surface area contributed by atoms with Crippen molar-refractivity contribution in [3.63, 3.8) is 0 Å². The van der Waals surface area contributed by atoms with Crippen molar-refractivity contribution in [2.75, 3.05) is 0 Å². The highest BCUT2D eigenvalue weighted by atomic mass is 16.5. The number of hydrogen-bond acceptors (Lipinski definition) is 3. The van der Waals surface area contributed by atoms with Crippen molar-refractivity contribution in [3.8, 4) is 17.1 Å². The Morgan fingerprint density at radius 3 is 2.55 bits per heavy atom. The van der Waals surface area contributed by atoms with Gasteiger partial charge in [-0.15, -0.1) is 0 Å². The number of nitrogens with one attached hydrogen (secondary N) is 1. The molecule has 4 nitrogen and oxygen atoms in total. The third kappa shape index (κ3) is 2.90. The van der Waals surface area contributed by atoms with Crippen LogP contribution in [0.25, 0.3) is 11.4 Å². The summed E-state index contributed by atoms with van der Waals surface area (Å²) in [6, 6.07) is 9.26. The molecule has 2 aromatic rings. The lowest BCUT2D eigenvalue weighted by Crippen LogP contribution is -2.10. The zero-order valence-corrected chi connectivity index (χ0v) is 11.7. The van der Waals surface area contributed by atoms with Crippen LogP contribution in [0.5, 0.6) is 5.75 Å². The fraction of sp³-hybridized carbons (Fsp3) is 0.375. The highest BCUT2D eigenvalue weighted by Gasteiger charge is 2.25. The first kappa shape index (κ1) is 12.9. The number of hydrogen-bond donors (Lipinski definition) is 1. The molecule has 1 aliphatic carbocycles. The molecular weight excluding hydrogens is 252 g/mol. The molecule has 0 radical (unpaired) electrons. The van der Waals surface area contributed by atoms with Crippen molar-refractivity contribution in [1.82, 2.24) is 9.97 Å².